The Bertz CT molecular complexity index is 293. The van der Waals surface area contributed by atoms with Gasteiger partial charge in [-0.15, -0.1) is 0 Å². The fraction of sp³-hybridized carbons (Fsp3) is 0.818. The highest BCUT2D eigenvalue weighted by Crippen LogP contribution is 2.21. The molecule has 0 aromatic rings. The highest BCUT2D eigenvalue weighted by molar-refractivity contribution is 5.84. The van der Waals surface area contributed by atoms with E-state index in [0.29, 0.717) is 25.9 Å². The van der Waals surface area contributed by atoms with Crippen LogP contribution in [0.5, 0.6) is 0 Å². The van der Waals surface area contributed by atoms with Crippen molar-refractivity contribution in [1.29, 1.82) is 0 Å². The second kappa shape index (κ2) is 5.97. The highest BCUT2D eigenvalue weighted by Gasteiger charge is 2.39. The Morgan fingerprint density at radius 3 is 2.59 bits per heavy atom. The van der Waals surface area contributed by atoms with Crippen molar-refractivity contribution in [1.82, 2.24) is 9.80 Å². The van der Waals surface area contributed by atoms with Crippen LogP contribution in [0, 0.1) is 0 Å². The van der Waals surface area contributed by atoms with Gasteiger partial charge in [0.15, 0.2) is 0 Å². The van der Waals surface area contributed by atoms with Crippen LogP contribution >= 0.6 is 0 Å². The maximum absolute atomic E-state index is 11.9. The minimum absolute atomic E-state index is 0.120. The van der Waals surface area contributed by atoms with Crippen molar-refractivity contribution >= 4 is 11.9 Å². The SMILES string of the molecule is COC1CC(C(=O)O)N(C(=O)CCN(C)C)C1. The molecular weight excluding hydrogens is 224 g/mol. The van der Waals surface area contributed by atoms with Crippen molar-refractivity contribution in [3.63, 3.8) is 0 Å². The van der Waals surface area contributed by atoms with Crippen molar-refractivity contribution in [3.05, 3.63) is 0 Å². The number of ether oxygens (including phenoxy) is 1. The number of likely N-dealkylation sites (tertiary alicyclic amines) is 1. The number of carboxylic acids is 1. The number of aliphatic carboxylic acids is 1. The van der Waals surface area contributed by atoms with E-state index in [-0.39, 0.29) is 12.0 Å². The molecule has 6 nitrogen and oxygen atoms in total. The molecule has 17 heavy (non-hydrogen) atoms. The van der Waals surface area contributed by atoms with Crippen LogP contribution in [-0.2, 0) is 14.3 Å². The van der Waals surface area contributed by atoms with E-state index in [2.05, 4.69) is 0 Å². The summed E-state index contributed by atoms with van der Waals surface area (Å²) in [5, 5.41) is 9.06. The number of amides is 1. The van der Waals surface area contributed by atoms with Crippen molar-refractivity contribution in [2.45, 2.75) is 25.0 Å². The second-order valence-electron chi connectivity index (χ2n) is 4.55. The van der Waals surface area contributed by atoms with Gasteiger partial charge in [0, 0.05) is 33.0 Å². The average Bonchev–Trinajstić information content (AvgIpc) is 2.69. The topological polar surface area (TPSA) is 70.1 Å². The fourth-order valence-corrected chi connectivity index (χ4v) is 1.94. The van der Waals surface area contributed by atoms with E-state index in [1.54, 1.807) is 0 Å². The first-order chi connectivity index (χ1) is 7.95. The molecule has 1 N–H and O–H groups in total. The van der Waals surface area contributed by atoms with Crippen LogP contribution in [0.4, 0.5) is 0 Å². The molecule has 2 unspecified atom stereocenters. The Morgan fingerprint density at radius 1 is 1.47 bits per heavy atom. The maximum atomic E-state index is 11.9. The first-order valence-electron chi connectivity index (χ1n) is 5.65. The lowest BCUT2D eigenvalue weighted by Crippen LogP contribution is -2.41. The van der Waals surface area contributed by atoms with E-state index in [1.165, 1.54) is 12.0 Å². The molecule has 1 heterocycles. The van der Waals surface area contributed by atoms with Crippen molar-refractivity contribution < 1.29 is 19.4 Å². The molecule has 1 aliphatic heterocycles. The van der Waals surface area contributed by atoms with Crippen LogP contribution in [0.3, 0.4) is 0 Å². The summed E-state index contributed by atoms with van der Waals surface area (Å²) in [5.41, 5.74) is 0. The van der Waals surface area contributed by atoms with Crippen molar-refractivity contribution in [2.24, 2.45) is 0 Å². The number of carboxylic acid groups (broad SMARTS) is 1. The van der Waals surface area contributed by atoms with Gasteiger partial charge in [0.1, 0.15) is 6.04 Å². The molecule has 0 aliphatic carbocycles. The summed E-state index contributed by atoms with van der Waals surface area (Å²) < 4.78 is 5.13. The van der Waals surface area contributed by atoms with E-state index in [9.17, 15) is 9.59 Å². The lowest BCUT2D eigenvalue weighted by atomic mass is 10.2. The fourth-order valence-electron chi connectivity index (χ4n) is 1.94. The first kappa shape index (κ1) is 13.9. The van der Waals surface area contributed by atoms with Crippen LogP contribution in [0.1, 0.15) is 12.8 Å². The Labute approximate surface area is 101 Å². The number of carbonyl (C=O) groups excluding carboxylic acids is 1. The number of nitrogens with zero attached hydrogens (tertiary/aromatic N) is 2. The van der Waals surface area contributed by atoms with Gasteiger partial charge in [-0.1, -0.05) is 0 Å². The molecule has 1 saturated heterocycles. The predicted molar refractivity (Wildman–Crippen MR) is 61.7 cm³/mol. The number of methoxy groups -OCH3 is 1. The summed E-state index contributed by atoms with van der Waals surface area (Å²) in [7, 11) is 5.30. The zero-order valence-electron chi connectivity index (χ0n) is 10.5. The minimum Gasteiger partial charge on any atom is -0.480 e. The summed E-state index contributed by atoms with van der Waals surface area (Å²) >= 11 is 0. The van der Waals surface area contributed by atoms with Gasteiger partial charge in [0.25, 0.3) is 0 Å². The molecule has 0 aromatic carbocycles. The lowest BCUT2D eigenvalue weighted by Gasteiger charge is -2.22. The quantitative estimate of drug-likeness (QED) is 0.715. The van der Waals surface area contributed by atoms with Crippen LogP contribution in [0.2, 0.25) is 0 Å². The smallest absolute Gasteiger partial charge is 0.326 e. The van der Waals surface area contributed by atoms with Gasteiger partial charge in [-0.25, -0.2) is 4.79 Å². The van der Waals surface area contributed by atoms with Gasteiger partial charge in [-0.2, -0.15) is 0 Å². The monoisotopic (exact) mass is 244 g/mol. The minimum atomic E-state index is -0.956. The number of carbonyl (C=O) groups is 2. The molecule has 6 heteroatoms. The number of rotatable bonds is 5. The van der Waals surface area contributed by atoms with Gasteiger partial charge >= 0.3 is 5.97 Å². The van der Waals surface area contributed by atoms with Crippen molar-refractivity contribution in [3.8, 4) is 0 Å². The molecule has 1 aliphatic rings. The summed E-state index contributed by atoms with van der Waals surface area (Å²) in [6.07, 6.45) is 0.548. The third-order valence-corrected chi connectivity index (χ3v) is 2.97. The van der Waals surface area contributed by atoms with Crippen LogP contribution in [-0.4, -0.2) is 73.2 Å². The van der Waals surface area contributed by atoms with E-state index in [4.69, 9.17) is 9.84 Å². The molecule has 1 fully saturated rings. The summed E-state index contributed by atoms with van der Waals surface area (Å²) in [6, 6.07) is -0.741. The normalized spacial score (nSPS) is 24.4. The zero-order chi connectivity index (χ0) is 13.0. The van der Waals surface area contributed by atoms with Gasteiger partial charge < -0.3 is 19.6 Å². The zero-order valence-corrected chi connectivity index (χ0v) is 10.5. The second-order valence-corrected chi connectivity index (χ2v) is 4.55. The third-order valence-electron chi connectivity index (χ3n) is 2.97. The number of hydrogen-bond donors (Lipinski definition) is 1. The molecule has 1 rings (SSSR count). The molecule has 0 saturated carbocycles. The van der Waals surface area contributed by atoms with E-state index < -0.39 is 12.0 Å². The van der Waals surface area contributed by atoms with Gasteiger partial charge in [-0.05, 0) is 14.1 Å². The molecule has 0 radical (unpaired) electrons. The van der Waals surface area contributed by atoms with E-state index in [1.807, 2.05) is 19.0 Å². The van der Waals surface area contributed by atoms with E-state index in [0.717, 1.165) is 0 Å². The van der Waals surface area contributed by atoms with Gasteiger partial charge in [0.2, 0.25) is 5.91 Å². The molecule has 2 atom stereocenters. The molecule has 0 spiro atoms. The van der Waals surface area contributed by atoms with Gasteiger partial charge in [-0.3, -0.25) is 4.79 Å². The average molecular weight is 244 g/mol. The molecular formula is C11H20N2O4. The third kappa shape index (κ3) is 3.67. The standard InChI is InChI=1S/C11H20N2O4/c1-12(2)5-4-10(14)13-7-8(17-3)6-9(13)11(15)16/h8-9H,4-7H2,1-3H3,(H,15,16). The van der Waals surface area contributed by atoms with E-state index >= 15 is 0 Å². The lowest BCUT2D eigenvalue weighted by molar-refractivity contribution is -0.148. The van der Waals surface area contributed by atoms with Gasteiger partial charge in [0.05, 0.1) is 6.10 Å². The summed E-state index contributed by atoms with van der Waals surface area (Å²) in [4.78, 5) is 26.3. The molecule has 98 valence electrons. The molecule has 0 bridgehead atoms. The predicted octanol–water partition coefficient (Wildman–Crippen LogP) is -0.361. The van der Waals surface area contributed by atoms with Crippen LogP contribution in [0.15, 0.2) is 0 Å². The highest BCUT2D eigenvalue weighted by atomic mass is 16.5. The Balaban J connectivity index is 2.60. The number of hydrogen-bond acceptors (Lipinski definition) is 4. The maximum Gasteiger partial charge on any atom is 0.326 e. The Morgan fingerprint density at radius 2 is 2.12 bits per heavy atom. The largest absolute Gasteiger partial charge is 0.480 e. The summed E-state index contributed by atoms with van der Waals surface area (Å²) in [5.74, 6) is -1.08. The first-order valence-corrected chi connectivity index (χ1v) is 5.65. The van der Waals surface area contributed by atoms with Crippen LogP contribution < -0.4 is 0 Å². The Hall–Kier alpha value is -1.14. The molecule has 0 aromatic heterocycles. The summed E-state index contributed by atoms with van der Waals surface area (Å²) in [6.45, 7) is 0.999. The van der Waals surface area contributed by atoms with Crippen molar-refractivity contribution in [2.75, 3.05) is 34.3 Å². The molecule has 1 amide bonds. The van der Waals surface area contributed by atoms with Crippen LogP contribution in [0.25, 0.3) is 0 Å². The Kier molecular flexibility index (Phi) is 4.89.